The summed E-state index contributed by atoms with van der Waals surface area (Å²) < 4.78 is 0. The van der Waals surface area contributed by atoms with Gasteiger partial charge >= 0.3 is 0 Å². The molecule has 0 aliphatic rings. The zero-order valence-electron chi connectivity index (χ0n) is 10.8. The fourth-order valence-electron chi connectivity index (χ4n) is 1.92. The van der Waals surface area contributed by atoms with Crippen LogP contribution in [0.15, 0.2) is 67.3 Å². The van der Waals surface area contributed by atoms with E-state index in [2.05, 4.69) is 56.0 Å². The lowest BCUT2D eigenvalue weighted by Crippen LogP contribution is -1.82. The second-order valence-corrected chi connectivity index (χ2v) is 4.26. The van der Waals surface area contributed by atoms with Crippen LogP contribution in [0.5, 0.6) is 0 Å². The molecule has 0 aliphatic carbocycles. The molecule has 2 aromatic rings. The topological polar surface area (TPSA) is 0 Å². The van der Waals surface area contributed by atoms with Crippen LogP contribution in [-0.2, 0) is 6.42 Å². The molecule has 0 heterocycles. The molecule has 18 heavy (non-hydrogen) atoms. The summed E-state index contributed by atoms with van der Waals surface area (Å²) >= 11 is 0. The van der Waals surface area contributed by atoms with Crippen molar-refractivity contribution in [2.45, 2.75) is 13.3 Å². The maximum absolute atomic E-state index is 3.90. The second kappa shape index (κ2) is 6.02. The summed E-state index contributed by atoms with van der Waals surface area (Å²) in [6.07, 6.45) is 5.15. The van der Waals surface area contributed by atoms with Crippen LogP contribution in [0.2, 0.25) is 0 Å². The number of rotatable bonds is 4. The third kappa shape index (κ3) is 2.98. The highest BCUT2D eigenvalue weighted by Gasteiger charge is 1.97. The Labute approximate surface area is 109 Å². The molecule has 0 fully saturated rings. The maximum Gasteiger partial charge on any atom is -0.0184 e. The minimum atomic E-state index is 1.08. The SMILES string of the molecule is C=CC(=Cc1ccc(CC)cc1)c1ccccc1. The summed E-state index contributed by atoms with van der Waals surface area (Å²) in [6.45, 7) is 6.07. The molecule has 0 radical (unpaired) electrons. The van der Waals surface area contributed by atoms with Crippen LogP contribution in [0.1, 0.15) is 23.6 Å². The molecule has 0 spiro atoms. The molecule has 0 unspecified atom stereocenters. The third-order valence-corrected chi connectivity index (χ3v) is 3.04. The van der Waals surface area contributed by atoms with Gasteiger partial charge in [-0.15, -0.1) is 0 Å². The van der Waals surface area contributed by atoms with Gasteiger partial charge in [-0.05, 0) is 34.8 Å². The van der Waals surface area contributed by atoms with Crippen molar-refractivity contribution < 1.29 is 0 Å². The zero-order valence-corrected chi connectivity index (χ0v) is 10.8. The molecule has 2 aromatic carbocycles. The fourth-order valence-corrected chi connectivity index (χ4v) is 1.92. The van der Waals surface area contributed by atoms with Crippen LogP contribution in [0.25, 0.3) is 11.6 Å². The predicted molar refractivity (Wildman–Crippen MR) is 80.3 cm³/mol. The van der Waals surface area contributed by atoms with Crippen LogP contribution in [0.4, 0.5) is 0 Å². The van der Waals surface area contributed by atoms with Gasteiger partial charge in [-0.3, -0.25) is 0 Å². The predicted octanol–water partition coefficient (Wildman–Crippen LogP) is 4.98. The lowest BCUT2D eigenvalue weighted by atomic mass is 10.0. The third-order valence-electron chi connectivity index (χ3n) is 3.04. The number of hydrogen-bond acceptors (Lipinski definition) is 0. The summed E-state index contributed by atoms with van der Waals surface area (Å²) in [5.41, 5.74) is 4.94. The monoisotopic (exact) mass is 234 g/mol. The Hall–Kier alpha value is -2.08. The van der Waals surface area contributed by atoms with Crippen LogP contribution in [0.3, 0.4) is 0 Å². The van der Waals surface area contributed by atoms with E-state index in [1.165, 1.54) is 16.7 Å². The van der Waals surface area contributed by atoms with Gasteiger partial charge in [0.15, 0.2) is 0 Å². The van der Waals surface area contributed by atoms with Crippen molar-refractivity contribution in [3.8, 4) is 0 Å². The molecule has 0 N–H and O–H groups in total. The van der Waals surface area contributed by atoms with E-state index < -0.39 is 0 Å². The standard InChI is InChI=1S/C18H18/c1-3-15-10-12-16(13-11-15)14-17(4-2)18-8-6-5-7-9-18/h4-14H,2-3H2,1H3. The first-order valence-corrected chi connectivity index (χ1v) is 6.32. The normalized spacial score (nSPS) is 11.3. The summed E-state index contributed by atoms with van der Waals surface area (Å²) in [6, 6.07) is 19.0. The highest BCUT2D eigenvalue weighted by atomic mass is 14.0. The van der Waals surface area contributed by atoms with Crippen molar-refractivity contribution in [2.75, 3.05) is 0 Å². The Morgan fingerprint density at radius 2 is 1.67 bits per heavy atom. The number of hydrogen-bond donors (Lipinski definition) is 0. The Morgan fingerprint density at radius 3 is 2.22 bits per heavy atom. The number of benzene rings is 2. The van der Waals surface area contributed by atoms with Gasteiger partial charge in [0, 0.05) is 0 Å². The lowest BCUT2D eigenvalue weighted by molar-refractivity contribution is 1.14. The Bertz CT molecular complexity index is 530. The molecule has 0 nitrogen and oxygen atoms in total. The first-order chi connectivity index (χ1) is 8.83. The van der Waals surface area contributed by atoms with E-state index >= 15 is 0 Å². The molecular formula is C18H18. The number of aryl methyl sites for hydroxylation is 1. The fraction of sp³-hybridized carbons (Fsp3) is 0.111. The molecule has 0 heteroatoms. The van der Waals surface area contributed by atoms with Crippen LogP contribution in [-0.4, -0.2) is 0 Å². The quantitative estimate of drug-likeness (QED) is 0.517. The molecule has 90 valence electrons. The van der Waals surface area contributed by atoms with Gasteiger partial charge in [-0.1, -0.05) is 74.2 Å². The van der Waals surface area contributed by atoms with E-state index in [0.29, 0.717) is 0 Å². The Kier molecular flexibility index (Phi) is 4.14. The van der Waals surface area contributed by atoms with Gasteiger partial charge in [0.1, 0.15) is 0 Å². The van der Waals surface area contributed by atoms with E-state index in [-0.39, 0.29) is 0 Å². The smallest absolute Gasteiger partial charge is 0.0184 e. The highest BCUT2D eigenvalue weighted by molar-refractivity contribution is 5.87. The Morgan fingerprint density at radius 1 is 1.00 bits per heavy atom. The average Bonchev–Trinajstić information content (AvgIpc) is 2.46. The van der Waals surface area contributed by atoms with Crippen molar-refractivity contribution in [3.05, 3.63) is 83.9 Å². The van der Waals surface area contributed by atoms with Gasteiger partial charge in [-0.25, -0.2) is 0 Å². The summed E-state index contributed by atoms with van der Waals surface area (Å²) in [7, 11) is 0. The minimum absolute atomic E-state index is 1.08. The molecule has 0 saturated heterocycles. The minimum Gasteiger partial charge on any atom is -0.0984 e. The molecule has 2 rings (SSSR count). The van der Waals surface area contributed by atoms with Crippen LogP contribution >= 0.6 is 0 Å². The second-order valence-electron chi connectivity index (χ2n) is 4.26. The maximum atomic E-state index is 3.90. The van der Waals surface area contributed by atoms with Crippen LogP contribution in [0, 0.1) is 0 Å². The van der Waals surface area contributed by atoms with Crippen LogP contribution < -0.4 is 0 Å². The zero-order chi connectivity index (χ0) is 12.8. The summed E-state index contributed by atoms with van der Waals surface area (Å²) in [5.74, 6) is 0. The van der Waals surface area contributed by atoms with Gasteiger partial charge in [0.2, 0.25) is 0 Å². The van der Waals surface area contributed by atoms with E-state index in [1.54, 1.807) is 0 Å². The average molecular weight is 234 g/mol. The first kappa shape index (κ1) is 12.4. The molecule has 0 aromatic heterocycles. The van der Waals surface area contributed by atoms with E-state index in [4.69, 9.17) is 0 Å². The van der Waals surface area contributed by atoms with E-state index in [9.17, 15) is 0 Å². The van der Waals surface area contributed by atoms with Crippen molar-refractivity contribution in [3.63, 3.8) is 0 Å². The van der Waals surface area contributed by atoms with Crippen molar-refractivity contribution >= 4 is 11.6 Å². The molecule has 0 bridgehead atoms. The molecule has 0 amide bonds. The van der Waals surface area contributed by atoms with Gasteiger partial charge in [-0.2, -0.15) is 0 Å². The number of allylic oxidation sites excluding steroid dienone is 2. The van der Waals surface area contributed by atoms with Crippen molar-refractivity contribution in [2.24, 2.45) is 0 Å². The van der Waals surface area contributed by atoms with E-state index in [0.717, 1.165) is 12.0 Å². The summed E-state index contributed by atoms with van der Waals surface area (Å²) in [4.78, 5) is 0. The van der Waals surface area contributed by atoms with Gasteiger partial charge in [0.05, 0.1) is 0 Å². The Balaban J connectivity index is 2.32. The molecular weight excluding hydrogens is 216 g/mol. The van der Waals surface area contributed by atoms with Gasteiger partial charge < -0.3 is 0 Å². The van der Waals surface area contributed by atoms with Gasteiger partial charge in [0.25, 0.3) is 0 Å². The van der Waals surface area contributed by atoms with E-state index in [1.807, 2.05) is 24.3 Å². The first-order valence-electron chi connectivity index (χ1n) is 6.32. The molecule has 0 atom stereocenters. The highest BCUT2D eigenvalue weighted by Crippen LogP contribution is 2.19. The molecule has 0 saturated carbocycles. The van der Waals surface area contributed by atoms with Crippen molar-refractivity contribution in [1.29, 1.82) is 0 Å². The lowest BCUT2D eigenvalue weighted by Gasteiger charge is -2.03. The summed E-state index contributed by atoms with van der Waals surface area (Å²) in [5, 5.41) is 0. The van der Waals surface area contributed by atoms with Crippen molar-refractivity contribution in [1.82, 2.24) is 0 Å². The molecule has 0 aliphatic heterocycles. The largest absolute Gasteiger partial charge is 0.0984 e.